The molecule has 0 spiro atoms. The van der Waals surface area contributed by atoms with Gasteiger partial charge in [-0.2, -0.15) is 0 Å². The molecule has 17 heavy (non-hydrogen) atoms. The van der Waals surface area contributed by atoms with Crippen LogP contribution in [0.3, 0.4) is 0 Å². The summed E-state index contributed by atoms with van der Waals surface area (Å²) < 4.78 is 0. The lowest BCUT2D eigenvalue weighted by Crippen LogP contribution is -2.35. The van der Waals surface area contributed by atoms with E-state index >= 15 is 0 Å². The molecule has 0 bridgehead atoms. The minimum absolute atomic E-state index is 0. The second-order valence-corrected chi connectivity index (χ2v) is 5.55. The number of halogens is 1. The Morgan fingerprint density at radius 2 is 2.24 bits per heavy atom. The van der Waals surface area contributed by atoms with Crippen LogP contribution in [0.2, 0.25) is 0 Å². The summed E-state index contributed by atoms with van der Waals surface area (Å²) in [5, 5.41) is 3.31. The van der Waals surface area contributed by atoms with E-state index in [1.165, 1.54) is 9.75 Å². The van der Waals surface area contributed by atoms with Gasteiger partial charge < -0.3 is 10.2 Å². The van der Waals surface area contributed by atoms with Crippen LogP contribution in [-0.2, 0) is 11.2 Å². The molecular formula is C12H19ClN2OS. The summed E-state index contributed by atoms with van der Waals surface area (Å²) >= 11 is 1.72. The number of nitrogens with one attached hydrogen (secondary N) is 1. The van der Waals surface area contributed by atoms with Crippen molar-refractivity contribution in [3.05, 3.63) is 21.9 Å². The highest BCUT2D eigenvalue weighted by atomic mass is 35.5. The third kappa shape index (κ3) is 4.30. The molecule has 0 saturated carbocycles. The highest BCUT2D eigenvalue weighted by molar-refractivity contribution is 7.12. The van der Waals surface area contributed by atoms with Crippen LogP contribution < -0.4 is 5.32 Å². The molecular weight excluding hydrogens is 256 g/mol. The van der Waals surface area contributed by atoms with E-state index in [1.807, 2.05) is 4.90 Å². The molecule has 1 aliphatic heterocycles. The van der Waals surface area contributed by atoms with E-state index < -0.39 is 0 Å². The minimum Gasteiger partial charge on any atom is -0.341 e. The molecule has 0 unspecified atom stereocenters. The van der Waals surface area contributed by atoms with Crippen molar-refractivity contribution in [1.82, 2.24) is 10.2 Å². The van der Waals surface area contributed by atoms with Crippen LogP contribution in [0.15, 0.2) is 12.1 Å². The van der Waals surface area contributed by atoms with Crippen LogP contribution in [0.5, 0.6) is 0 Å². The second kappa shape index (κ2) is 6.99. The average molecular weight is 275 g/mol. The number of hydrogen-bond acceptors (Lipinski definition) is 3. The molecule has 1 amide bonds. The third-order valence-corrected chi connectivity index (χ3v) is 3.81. The molecule has 2 heterocycles. The monoisotopic (exact) mass is 274 g/mol. The quantitative estimate of drug-likeness (QED) is 0.893. The van der Waals surface area contributed by atoms with Crippen molar-refractivity contribution in [2.75, 3.05) is 26.2 Å². The van der Waals surface area contributed by atoms with Gasteiger partial charge in [-0.05, 0) is 32.0 Å². The fourth-order valence-electron chi connectivity index (χ4n) is 1.94. The number of hydrogen-bond donors (Lipinski definition) is 1. The zero-order chi connectivity index (χ0) is 11.4. The van der Waals surface area contributed by atoms with Gasteiger partial charge in [-0.3, -0.25) is 4.79 Å². The number of carbonyl (C=O) groups is 1. The first kappa shape index (κ1) is 14.5. The van der Waals surface area contributed by atoms with Crippen molar-refractivity contribution in [2.45, 2.75) is 19.8 Å². The SMILES string of the molecule is Cc1ccc(CC(=O)N2CCCNCC2)s1.Cl. The van der Waals surface area contributed by atoms with E-state index in [4.69, 9.17) is 0 Å². The minimum atomic E-state index is 0. The van der Waals surface area contributed by atoms with Crippen LogP contribution in [0, 0.1) is 6.92 Å². The van der Waals surface area contributed by atoms with Crippen LogP contribution in [-0.4, -0.2) is 37.0 Å². The van der Waals surface area contributed by atoms with E-state index in [0.29, 0.717) is 6.42 Å². The molecule has 1 aliphatic rings. The summed E-state index contributed by atoms with van der Waals surface area (Å²) in [4.78, 5) is 16.5. The maximum absolute atomic E-state index is 12.0. The van der Waals surface area contributed by atoms with Gasteiger partial charge in [-0.25, -0.2) is 0 Å². The largest absolute Gasteiger partial charge is 0.341 e. The molecule has 0 aliphatic carbocycles. The number of rotatable bonds is 2. The molecule has 0 aromatic carbocycles. The van der Waals surface area contributed by atoms with Gasteiger partial charge in [0.25, 0.3) is 0 Å². The van der Waals surface area contributed by atoms with Crippen LogP contribution in [0.25, 0.3) is 0 Å². The van der Waals surface area contributed by atoms with E-state index in [2.05, 4.69) is 24.4 Å². The number of carbonyl (C=O) groups excluding carboxylic acids is 1. The summed E-state index contributed by atoms with van der Waals surface area (Å²) in [7, 11) is 0. The van der Waals surface area contributed by atoms with Gasteiger partial charge in [0.15, 0.2) is 0 Å². The van der Waals surface area contributed by atoms with E-state index in [1.54, 1.807) is 11.3 Å². The molecule has 1 aromatic heterocycles. The third-order valence-electron chi connectivity index (χ3n) is 2.81. The van der Waals surface area contributed by atoms with Gasteiger partial charge in [0.2, 0.25) is 5.91 Å². The molecule has 1 N–H and O–H groups in total. The summed E-state index contributed by atoms with van der Waals surface area (Å²) in [6.45, 7) is 5.78. The Balaban J connectivity index is 0.00000144. The predicted molar refractivity (Wildman–Crippen MR) is 74.1 cm³/mol. The van der Waals surface area contributed by atoms with Crippen LogP contribution >= 0.6 is 23.7 Å². The molecule has 5 heteroatoms. The normalized spacial score (nSPS) is 16.2. The number of thiophene rings is 1. The molecule has 1 saturated heterocycles. The fraction of sp³-hybridized carbons (Fsp3) is 0.583. The number of nitrogens with zero attached hydrogens (tertiary/aromatic N) is 1. The fourth-order valence-corrected chi connectivity index (χ4v) is 2.82. The van der Waals surface area contributed by atoms with Gasteiger partial charge in [-0.15, -0.1) is 23.7 Å². The number of amides is 1. The van der Waals surface area contributed by atoms with Crippen molar-refractivity contribution < 1.29 is 4.79 Å². The van der Waals surface area contributed by atoms with Crippen molar-refractivity contribution in [3.63, 3.8) is 0 Å². The Morgan fingerprint density at radius 1 is 1.41 bits per heavy atom. The van der Waals surface area contributed by atoms with Crippen LogP contribution in [0.4, 0.5) is 0 Å². The predicted octanol–water partition coefficient (Wildman–Crippen LogP) is 1.84. The summed E-state index contributed by atoms with van der Waals surface area (Å²) in [5.41, 5.74) is 0. The molecule has 1 aromatic rings. The smallest absolute Gasteiger partial charge is 0.227 e. The Kier molecular flexibility index (Phi) is 5.95. The molecule has 0 radical (unpaired) electrons. The Labute approximate surface area is 113 Å². The summed E-state index contributed by atoms with van der Waals surface area (Å²) in [5.74, 6) is 0.269. The molecule has 0 atom stereocenters. The highest BCUT2D eigenvalue weighted by Gasteiger charge is 2.15. The van der Waals surface area contributed by atoms with Gasteiger partial charge in [0.05, 0.1) is 6.42 Å². The lowest BCUT2D eigenvalue weighted by atomic mass is 10.3. The van der Waals surface area contributed by atoms with Gasteiger partial charge in [0.1, 0.15) is 0 Å². The molecule has 1 fully saturated rings. The second-order valence-electron chi connectivity index (χ2n) is 4.17. The zero-order valence-electron chi connectivity index (χ0n) is 10.1. The van der Waals surface area contributed by atoms with Crippen molar-refractivity contribution in [1.29, 1.82) is 0 Å². The van der Waals surface area contributed by atoms with Gasteiger partial charge >= 0.3 is 0 Å². The lowest BCUT2D eigenvalue weighted by molar-refractivity contribution is -0.130. The zero-order valence-corrected chi connectivity index (χ0v) is 11.7. The topological polar surface area (TPSA) is 32.3 Å². The first-order valence-electron chi connectivity index (χ1n) is 5.79. The van der Waals surface area contributed by atoms with E-state index in [-0.39, 0.29) is 18.3 Å². The van der Waals surface area contributed by atoms with Crippen LogP contribution in [0.1, 0.15) is 16.2 Å². The Bertz CT molecular complexity index is 359. The first-order chi connectivity index (χ1) is 7.75. The van der Waals surface area contributed by atoms with E-state index in [9.17, 15) is 4.79 Å². The van der Waals surface area contributed by atoms with Gasteiger partial charge in [0, 0.05) is 29.4 Å². The maximum Gasteiger partial charge on any atom is 0.227 e. The molecule has 2 rings (SSSR count). The van der Waals surface area contributed by atoms with Crippen molar-refractivity contribution in [3.8, 4) is 0 Å². The first-order valence-corrected chi connectivity index (χ1v) is 6.61. The Hall–Kier alpha value is -0.580. The Morgan fingerprint density at radius 3 is 2.94 bits per heavy atom. The lowest BCUT2D eigenvalue weighted by Gasteiger charge is -2.19. The number of aryl methyl sites for hydroxylation is 1. The molecule has 96 valence electrons. The molecule has 3 nitrogen and oxygen atoms in total. The van der Waals surface area contributed by atoms with Crippen molar-refractivity contribution >= 4 is 29.7 Å². The average Bonchev–Trinajstić information content (AvgIpc) is 2.56. The standard InChI is InChI=1S/C12H18N2OS.ClH/c1-10-3-4-11(16-10)9-12(15)14-7-2-5-13-6-8-14;/h3-4,13H,2,5-9H2,1H3;1H. The highest BCUT2D eigenvalue weighted by Crippen LogP contribution is 2.16. The maximum atomic E-state index is 12.0. The van der Waals surface area contributed by atoms with Gasteiger partial charge in [-0.1, -0.05) is 0 Å². The van der Waals surface area contributed by atoms with E-state index in [0.717, 1.165) is 32.6 Å². The summed E-state index contributed by atoms with van der Waals surface area (Å²) in [6.07, 6.45) is 1.63. The summed E-state index contributed by atoms with van der Waals surface area (Å²) in [6, 6.07) is 4.14. The van der Waals surface area contributed by atoms with Crippen molar-refractivity contribution in [2.24, 2.45) is 0 Å².